The number of non-ortho nitro benzene ring substituents is 1. The average molecular weight is 414 g/mol. The van der Waals surface area contributed by atoms with Crippen molar-refractivity contribution < 1.29 is 18.1 Å². The van der Waals surface area contributed by atoms with Crippen molar-refractivity contribution >= 4 is 21.4 Å². The molecule has 0 bridgehead atoms. The second-order valence-corrected chi connectivity index (χ2v) is 7.73. The number of nitrogens with zero attached hydrogens (tertiary/aromatic N) is 3. The van der Waals surface area contributed by atoms with Gasteiger partial charge in [0.15, 0.2) is 0 Å². The van der Waals surface area contributed by atoms with Gasteiger partial charge in [0.25, 0.3) is 15.7 Å². The van der Waals surface area contributed by atoms with Crippen molar-refractivity contribution in [2.45, 2.75) is 18.7 Å². The summed E-state index contributed by atoms with van der Waals surface area (Å²) in [5, 5.41) is 19.0. The third-order valence-corrected chi connectivity index (χ3v) is 5.56. The molecule has 0 unspecified atom stereocenters. The number of benzene rings is 2. The maximum atomic E-state index is 12.7. The number of aryl methyl sites for hydroxylation is 1. The monoisotopic (exact) mass is 414 g/mol. The van der Waals surface area contributed by atoms with Crippen LogP contribution in [0.1, 0.15) is 12.5 Å². The summed E-state index contributed by atoms with van der Waals surface area (Å²) in [6.45, 7) is 3.92. The van der Waals surface area contributed by atoms with Crippen LogP contribution in [0.25, 0.3) is 11.3 Å². The van der Waals surface area contributed by atoms with Crippen LogP contribution in [0.4, 0.5) is 11.4 Å². The summed E-state index contributed by atoms with van der Waals surface area (Å²) < 4.78 is 33.1. The van der Waals surface area contributed by atoms with Crippen LogP contribution < -0.4 is 9.46 Å². The Kier molecular flexibility index (Phi) is 5.74. The molecule has 0 aliphatic carbocycles. The van der Waals surface area contributed by atoms with Gasteiger partial charge in [0.1, 0.15) is 0 Å². The predicted octanol–water partition coefficient (Wildman–Crippen LogP) is 3.56. The molecule has 1 aromatic heterocycles. The predicted molar refractivity (Wildman–Crippen MR) is 107 cm³/mol. The third-order valence-electron chi connectivity index (χ3n) is 4.04. The Morgan fingerprint density at radius 3 is 2.38 bits per heavy atom. The number of anilines is 1. The Bertz CT molecular complexity index is 1130. The summed E-state index contributed by atoms with van der Waals surface area (Å²) in [5.41, 5.74) is 1.79. The molecule has 9 nitrogen and oxygen atoms in total. The van der Waals surface area contributed by atoms with Gasteiger partial charge in [-0.05, 0) is 37.6 Å². The molecule has 150 valence electrons. The van der Waals surface area contributed by atoms with E-state index in [1.54, 1.807) is 43.3 Å². The summed E-state index contributed by atoms with van der Waals surface area (Å²) in [6.07, 6.45) is 0. The molecule has 0 saturated carbocycles. The number of hydrogen-bond acceptors (Lipinski definition) is 7. The first-order valence-electron chi connectivity index (χ1n) is 8.65. The van der Waals surface area contributed by atoms with Gasteiger partial charge in [-0.15, -0.1) is 10.2 Å². The molecule has 1 heterocycles. The largest absolute Gasteiger partial charge is 0.477 e. The Labute approximate surface area is 167 Å². The van der Waals surface area contributed by atoms with Gasteiger partial charge in [0.2, 0.25) is 5.88 Å². The minimum atomic E-state index is -3.99. The minimum Gasteiger partial charge on any atom is -0.477 e. The number of rotatable bonds is 7. The van der Waals surface area contributed by atoms with Crippen LogP contribution in [0.5, 0.6) is 5.88 Å². The normalized spacial score (nSPS) is 11.1. The molecule has 0 amide bonds. The molecule has 2 aromatic carbocycles. The highest BCUT2D eigenvalue weighted by Crippen LogP contribution is 2.25. The molecule has 3 aromatic rings. The van der Waals surface area contributed by atoms with Crippen LogP contribution in [-0.2, 0) is 10.0 Å². The van der Waals surface area contributed by atoms with E-state index in [9.17, 15) is 18.5 Å². The van der Waals surface area contributed by atoms with Crippen molar-refractivity contribution in [3.05, 3.63) is 70.3 Å². The fourth-order valence-corrected chi connectivity index (χ4v) is 3.93. The SMILES string of the molecule is CCOc1ccc(-c2ccc(NS(=O)(=O)c3cc([N+](=O)[O-])ccc3C)cc2)nn1. The summed E-state index contributed by atoms with van der Waals surface area (Å²) >= 11 is 0. The van der Waals surface area contributed by atoms with Crippen molar-refractivity contribution in [1.29, 1.82) is 0 Å². The first kappa shape index (κ1) is 20.2. The van der Waals surface area contributed by atoms with Gasteiger partial charge >= 0.3 is 0 Å². The van der Waals surface area contributed by atoms with Gasteiger partial charge in [0.05, 0.1) is 22.1 Å². The number of aromatic nitrogens is 2. The molecule has 0 radical (unpaired) electrons. The number of nitro benzene ring substituents is 1. The van der Waals surface area contributed by atoms with E-state index in [-0.39, 0.29) is 10.6 Å². The molecule has 29 heavy (non-hydrogen) atoms. The van der Waals surface area contributed by atoms with Gasteiger partial charge in [-0.25, -0.2) is 8.42 Å². The van der Waals surface area contributed by atoms with Gasteiger partial charge in [0, 0.05) is 29.4 Å². The van der Waals surface area contributed by atoms with E-state index in [0.717, 1.165) is 11.6 Å². The van der Waals surface area contributed by atoms with E-state index < -0.39 is 14.9 Å². The molecule has 0 aliphatic rings. The van der Waals surface area contributed by atoms with Crippen LogP contribution in [0, 0.1) is 17.0 Å². The van der Waals surface area contributed by atoms with Crippen LogP contribution in [0.3, 0.4) is 0 Å². The van der Waals surface area contributed by atoms with Gasteiger partial charge in [-0.1, -0.05) is 18.2 Å². The summed E-state index contributed by atoms with van der Waals surface area (Å²) in [5.74, 6) is 0.424. The lowest BCUT2D eigenvalue weighted by molar-refractivity contribution is -0.385. The molecule has 0 spiro atoms. The maximum Gasteiger partial charge on any atom is 0.270 e. The number of sulfonamides is 1. The highest BCUT2D eigenvalue weighted by molar-refractivity contribution is 7.92. The molecule has 0 aliphatic heterocycles. The lowest BCUT2D eigenvalue weighted by Crippen LogP contribution is -2.14. The van der Waals surface area contributed by atoms with Crippen LogP contribution in [0.15, 0.2) is 59.5 Å². The topological polar surface area (TPSA) is 124 Å². The first-order valence-corrected chi connectivity index (χ1v) is 10.1. The van der Waals surface area contributed by atoms with Crippen molar-refractivity contribution in [3.8, 4) is 17.1 Å². The van der Waals surface area contributed by atoms with Gasteiger partial charge in [-0.2, -0.15) is 0 Å². The molecule has 10 heteroatoms. The van der Waals surface area contributed by atoms with E-state index in [2.05, 4.69) is 14.9 Å². The lowest BCUT2D eigenvalue weighted by atomic mass is 10.1. The Morgan fingerprint density at radius 1 is 1.07 bits per heavy atom. The van der Waals surface area contributed by atoms with Crippen LogP contribution in [-0.4, -0.2) is 30.1 Å². The summed E-state index contributed by atoms with van der Waals surface area (Å²) in [7, 11) is -3.99. The summed E-state index contributed by atoms with van der Waals surface area (Å²) in [6, 6.07) is 13.7. The Hall–Kier alpha value is -3.53. The van der Waals surface area contributed by atoms with Crippen molar-refractivity contribution in [2.75, 3.05) is 11.3 Å². The molecule has 1 N–H and O–H groups in total. The van der Waals surface area contributed by atoms with Gasteiger partial charge in [-0.3, -0.25) is 14.8 Å². The molecule has 3 rings (SSSR count). The number of ether oxygens (including phenoxy) is 1. The highest BCUT2D eigenvalue weighted by Gasteiger charge is 2.20. The van der Waals surface area contributed by atoms with Crippen molar-refractivity contribution in [1.82, 2.24) is 10.2 Å². The molecule has 0 atom stereocenters. The number of nitro groups is 1. The fraction of sp³-hybridized carbons (Fsp3) is 0.158. The molecule has 0 fully saturated rings. The van der Waals surface area contributed by atoms with E-state index in [1.165, 1.54) is 12.1 Å². The molecular weight excluding hydrogens is 396 g/mol. The van der Waals surface area contributed by atoms with Gasteiger partial charge < -0.3 is 4.74 Å². The smallest absolute Gasteiger partial charge is 0.270 e. The number of nitrogens with one attached hydrogen (secondary N) is 1. The summed E-state index contributed by atoms with van der Waals surface area (Å²) in [4.78, 5) is 10.2. The average Bonchev–Trinajstić information content (AvgIpc) is 2.69. The zero-order valence-electron chi connectivity index (χ0n) is 15.7. The fourth-order valence-electron chi connectivity index (χ4n) is 2.61. The van der Waals surface area contributed by atoms with Crippen molar-refractivity contribution in [2.24, 2.45) is 0 Å². The van der Waals surface area contributed by atoms with E-state index in [0.29, 0.717) is 29.4 Å². The molecular formula is C19H18N4O5S. The van der Waals surface area contributed by atoms with E-state index >= 15 is 0 Å². The lowest BCUT2D eigenvalue weighted by Gasteiger charge is -2.11. The van der Waals surface area contributed by atoms with Crippen LogP contribution in [0.2, 0.25) is 0 Å². The second-order valence-electron chi connectivity index (χ2n) is 6.08. The minimum absolute atomic E-state index is 0.145. The van der Waals surface area contributed by atoms with E-state index in [4.69, 9.17) is 4.74 Å². The highest BCUT2D eigenvalue weighted by atomic mass is 32.2. The zero-order chi connectivity index (χ0) is 21.0. The maximum absolute atomic E-state index is 12.7. The van der Waals surface area contributed by atoms with E-state index in [1.807, 2.05) is 6.92 Å². The van der Waals surface area contributed by atoms with Crippen LogP contribution >= 0.6 is 0 Å². The second kappa shape index (κ2) is 8.23. The third kappa shape index (κ3) is 4.66. The Balaban J connectivity index is 1.82. The standard InChI is InChI=1S/C19H18N4O5S/c1-3-28-19-11-10-17(20-21-19)14-5-7-15(8-6-14)22-29(26,27)18-12-16(23(24)25)9-4-13(18)2/h4-12,22H,3H2,1-2H3. The van der Waals surface area contributed by atoms with Crippen molar-refractivity contribution in [3.63, 3.8) is 0 Å². The zero-order valence-corrected chi connectivity index (χ0v) is 16.5. The Morgan fingerprint density at radius 2 is 1.79 bits per heavy atom. The first-order chi connectivity index (χ1) is 13.8. The number of hydrogen-bond donors (Lipinski definition) is 1. The molecule has 0 saturated heterocycles. The quantitative estimate of drug-likeness (QED) is 0.463.